The van der Waals surface area contributed by atoms with Crippen molar-refractivity contribution in [3.8, 4) is 0 Å². The lowest BCUT2D eigenvalue weighted by molar-refractivity contribution is -0.145. The summed E-state index contributed by atoms with van der Waals surface area (Å²) in [7, 11) is 2.18. The Hall–Kier alpha value is -1.10. The number of carbonyl (C=O) groups excluding carboxylic acids is 1. The van der Waals surface area contributed by atoms with Crippen molar-refractivity contribution in [3.05, 3.63) is 0 Å². The average molecular weight is 294 g/mol. The van der Waals surface area contributed by atoms with E-state index in [0.29, 0.717) is 18.5 Å². The van der Waals surface area contributed by atoms with Crippen LogP contribution < -0.4 is 0 Å². The summed E-state index contributed by atoms with van der Waals surface area (Å²) in [5, 5.41) is 9.18. The maximum Gasteiger partial charge on any atom is 0.306 e. The molecule has 2 aliphatic heterocycles. The Morgan fingerprint density at radius 3 is 2.48 bits per heavy atom. The predicted octanol–water partition coefficient (Wildman–Crippen LogP) is 1.57. The van der Waals surface area contributed by atoms with E-state index in [4.69, 9.17) is 0 Å². The van der Waals surface area contributed by atoms with E-state index in [1.54, 1.807) is 0 Å². The van der Waals surface area contributed by atoms with E-state index in [1.165, 1.54) is 12.8 Å². The first kappa shape index (κ1) is 14.8. The third kappa shape index (κ3) is 2.93. The van der Waals surface area contributed by atoms with Gasteiger partial charge in [-0.15, -0.1) is 0 Å². The van der Waals surface area contributed by atoms with Crippen LogP contribution in [0, 0.1) is 11.8 Å². The minimum Gasteiger partial charge on any atom is -0.481 e. The zero-order valence-electron chi connectivity index (χ0n) is 12.8. The quantitative estimate of drug-likeness (QED) is 0.840. The molecule has 3 fully saturated rings. The van der Waals surface area contributed by atoms with Gasteiger partial charge < -0.3 is 10.0 Å². The second-order valence-electron chi connectivity index (χ2n) is 7.02. The van der Waals surface area contributed by atoms with Gasteiger partial charge in [-0.05, 0) is 45.6 Å². The summed E-state index contributed by atoms with van der Waals surface area (Å²) < 4.78 is 0. The van der Waals surface area contributed by atoms with Gasteiger partial charge in [0, 0.05) is 31.1 Å². The molecule has 0 aromatic heterocycles. The van der Waals surface area contributed by atoms with Crippen LogP contribution in [0.25, 0.3) is 0 Å². The maximum atomic E-state index is 12.8. The van der Waals surface area contributed by atoms with Crippen molar-refractivity contribution < 1.29 is 14.7 Å². The Bertz CT molecular complexity index is 426. The van der Waals surface area contributed by atoms with Crippen molar-refractivity contribution in [2.24, 2.45) is 11.8 Å². The number of carbonyl (C=O) groups is 2. The molecular formula is C16H26N2O3. The van der Waals surface area contributed by atoms with Crippen LogP contribution in [0.1, 0.15) is 44.9 Å². The first-order valence-electron chi connectivity index (χ1n) is 8.29. The molecule has 21 heavy (non-hydrogen) atoms. The van der Waals surface area contributed by atoms with Crippen LogP contribution in [0.4, 0.5) is 0 Å². The summed E-state index contributed by atoms with van der Waals surface area (Å²) in [6.07, 6.45) is 6.51. The fraction of sp³-hybridized carbons (Fsp3) is 0.875. The second-order valence-corrected chi connectivity index (χ2v) is 7.02. The molecule has 0 aromatic carbocycles. The summed E-state index contributed by atoms with van der Waals surface area (Å²) in [5.41, 5.74) is 0. The number of hydrogen-bond donors (Lipinski definition) is 1. The molecule has 4 unspecified atom stereocenters. The zero-order valence-corrected chi connectivity index (χ0v) is 12.8. The molecule has 2 saturated heterocycles. The lowest BCUT2D eigenvalue weighted by atomic mass is 9.80. The number of carboxylic acid groups (broad SMARTS) is 1. The van der Waals surface area contributed by atoms with E-state index >= 15 is 0 Å². The molecule has 4 atom stereocenters. The number of nitrogens with zero attached hydrogens (tertiary/aromatic N) is 2. The lowest BCUT2D eigenvalue weighted by Crippen LogP contribution is -2.43. The van der Waals surface area contributed by atoms with Crippen LogP contribution in [0.3, 0.4) is 0 Å². The number of likely N-dealkylation sites (tertiary alicyclic amines) is 1. The van der Waals surface area contributed by atoms with Gasteiger partial charge in [-0.25, -0.2) is 0 Å². The third-order valence-electron chi connectivity index (χ3n) is 5.83. The summed E-state index contributed by atoms with van der Waals surface area (Å²) in [5.74, 6) is -0.912. The first-order chi connectivity index (χ1) is 10.1. The van der Waals surface area contributed by atoms with Gasteiger partial charge in [0.15, 0.2) is 0 Å². The smallest absolute Gasteiger partial charge is 0.306 e. The average Bonchev–Trinajstić information content (AvgIpc) is 2.71. The molecule has 1 amide bonds. The van der Waals surface area contributed by atoms with Crippen LogP contribution in [-0.4, -0.2) is 59.0 Å². The van der Waals surface area contributed by atoms with Crippen LogP contribution >= 0.6 is 0 Å². The number of rotatable bonds is 2. The van der Waals surface area contributed by atoms with Gasteiger partial charge >= 0.3 is 5.97 Å². The van der Waals surface area contributed by atoms with Gasteiger partial charge in [0.05, 0.1) is 5.92 Å². The number of fused-ring (bicyclic) bond motifs is 2. The molecule has 2 heterocycles. The molecular weight excluding hydrogens is 268 g/mol. The molecule has 1 aliphatic carbocycles. The maximum absolute atomic E-state index is 12.8. The van der Waals surface area contributed by atoms with Crippen LogP contribution in [0.15, 0.2) is 0 Å². The normalized spacial score (nSPS) is 37.3. The van der Waals surface area contributed by atoms with E-state index in [0.717, 1.165) is 38.8 Å². The topological polar surface area (TPSA) is 60.9 Å². The molecule has 0 spiro atoms. The molecule has 5 nitrogen and oxygen atoms in total. The molecule has 0 radical (unpaired) electrons. The van der Waals surface area contributed by atoms with Crippen LogP contribution in [0.2, 0.25) is 0 Å². The number of likely N-dealkylation sites (N-methyl/N-ethyl adjacent to an activating group) is 1. The number of amides is 1. The van der Waals surface area contributed by atoms with Gasteiger partial charge in [-0.1, -0.05) is 6.42 Å². The molecule has 5 heteroatoms. The molecule has 3 rings (SSSR count). The van der Waals surface area contributed by atoms with Crippen molar-refractivity contribution in [1.29, 1.82) is 0 Å². The summed E-state index contributed by atoms with van der Waals surface area (Å²) in [4.78, 5) is 28.4. The summed E-state index contributed by atoms with van der Waals surface area (Å²) in [6, 6.07) is 1.13. The van der Waals surface area contributed by atoms with Gasteiger partial charge in [-0.2, -0.15) is 0 Å². The van der Waals surface area contributed by atoms with E-state index < -0.39 is 5.97 Å². The Morgan fingerprint density at radius 2 is 1.71 bits per heavy atom. The van der Waals surface area contributed by atoms with Crippen molar-refractivity contribution >= 4 is 11.9 Å². The zero-order chi connectivity index (χ0) is 15.0. The van der Waals surface area contributed by atoms with Crippen LogP contribution in [0.5, 0.6) is 0 Å². The molecule has 118 valence electrons. The fourth-order valence-corrected chi connectivity index (χ4v) is 4.41. The third-order valence-corrected chi connectivity index (χ3v) is 5.83. The summed E-state index contributed by atoms with van der Waals surface area (Å²) in [6.45, 7) is 1.68. The minimum atomic E-state index is -0.734. The fourth-order valence-electron chi connectivity index (χ4n) is 4.41. The SMILES string of the molecule is CN1C2CCC1CN(C(=O)C1CCCC(C(=O)O)C1)CC2. The van der Waals surface area contributed by atoms with Crippen molar-refractivity contribution in [3.63, 3.8) is 0 Å². The molecule has 2 bridgehead atoms. The molecule has 1 saturated carbocycles. The highest BCUT2D eigenvalue weighted by Gasteiger charge is 2.39. The minimum absolute atomic E-state index is 0.0678. The van der Waals surface area contributed by atoms with Crippen molar-refractivity contribution in [1.82, 2.24) is 9.80 Å². The van der Waals surface area contributed by atoms with E-state index in [9.17, 15) is 14.7 Å². The second kappa shape index (κ2) is 5.95. The highest BCUT2D eigenvalue weighted by atomic mass is 16.4. The highest BCUT2D eigenvalue weighted by molar-refractivity contribution is 5.80. The highest BCUT2D eigenvalue weighted by Crippen LogP contribution is 2.33. The molecule has 0 aromatic rings. The van der Waals surface area contributed by atoms with E-state index in [1.807, 2.05) is 4.90 Å². The van der Waals surface area contributed by atoms with Gasteiger partial charge in [0.25, 0.3) is 0 Å². The Kier molecular flexibility index (Phi) is 4.20. The standard InChI is InChI=1S/C16H26N2O3/c1-17-13-5-6-14(17)10-18(8-7-13)15(19)11-3-2-4-12(9-11)16(20)21/h11-14H,2-10H2,1H3,(H,20,21). The number of carboxylic acids is 1. The first-order valence-corrected chi connectivity index (χ1v) is 8.29. The Labute approximate surface area is 126 Å². The van der Waals surface area contributed by atoms with Crippen molar-refractivity contribution in [2.45, 2.75) is 57.0 Å². The van der Waals surface area contributed by atoms with E-state index in [-0.39, 0.29) is 17.7 Å². The van der Waals surface area contributed by atoms with Gasteiger partial charge in [0.1, 0.15) is 0 Å². The van der Waals surface area contributed by atoms with Gasteiger partial charge in [0.2, 0.25) is 5.91 Å². The monoisotopic (exact) mass is 294 g/mol. The van der Waals surface area contributed by atoms with Crippen molar-refractivity contribution in [2.75, 3.05) is 20.1 Å². The number of hydrogen-bond acceptors (Lipinski definition) is 3. The lowest BCUT2D eigenvalue weighted by Gasteiger charge is -2.32. The Balaban J connectivity index is 1.63. The largest absolute Gasteiger partial charge is 0.481 e. The van der Waals surface area contributed by atoms with E-state index in [2.05, 4.69) is 11.9 Å². The predicted molar refractivity (Wildman–Crippen MR) is 78.9 cm³/mol. The number of aliphatic carboxylic acids is 1. The Morgan fingerprint density at radius 1 is 1.00 bits per heavy atom. The van der Waals surface area contributed by atoms with Gasteiger partial charge in [-0.3, -0.25) is 14.5 Å². The molecule has 3 aliphatic rings. The summed E-state index contributed by atoms with van der Waals surface area (Å²) >= 11 is 0. The molecule has 1 N–H and O–H groups in total. The van der Waals surface area contributed by atoms with Crippen LogP contribution in [-0.2, 0) is 9.59 Å².